The summed E-state index contributed by atoms with van der Waals surface area (Å²) in [5.41, 5.74) is 0.436. The van der Waals surface area contributed by atoms with E-state index in [0.717, 1.165) is 5.56 Å². The molecule has 2 rings (SSSR count). The van der Waals surface area contributed by atoms with E-state index in [0.29, 0.717) is 13.1 Å². The lowest BCUT2D eigenvalue weighted by molar-refractivity contribution is -0.128. The number of nitrogens with zero attached hydrogens (tertiary/aromatic N) is 1. The number of rotatable bonds is 5. The van der Waals surface area contributed by atoms with Crippen molar-refractivity contribution in [1.82, 2.24) is 15.5 Å². The van der Waals surface area contributed by atoms with Crippen molar-refractivity contribution in [3.8, 4) is 0 Å². The van der Waals surface area contributed by atoms with E-state index < -0.39 is 11.7 Å². The molecule has 2 N–H and O–H groups in total. The summed E-state index contributed by atoms with van der Waals surface area (Å²) in [5.74, 6) is -0.334. The zero-order valence-corrected chi connectivity index (χ0v) is 14.9. The summed E-state index contributed by atoms with van der Waals surface area (Å²) in [5, 5.41) is 5.17. The minimum absolute atomic E-state index is 0.00857. The molecule has 1 atom stereocenters. The van der Waals surface area contributed by atoms with Gasteiger partial charge in [0.05, 0.1) is 6.04 Å². The second kappa shape index (κ2) is 8.00. The lowest BCUT2D eigenvalue weighted by Crippen LogP contribution is -2.44. The molecule has 1 aromatic carbocycles. The second-order valence-electron chi connectivity index (χ2n) is 7.08. The van der Waals surface area contributed by atoms with Crippen LogP contribution in [0.1, 0.15) is 32.8 Å². The minimum Gasteiger partial charge on any atom is -0.444 e. The third-order valence-corrected chi connectivity index (χ3v) is 3.59. The fourth-order valence-corrected chi connectivity index (χ4v) is 2.57. The third kappa shape index (κ3) is 6.45. The average molecular weight is 347 g/mol. The van der Waals surface area contributed by atoms with Crippen molar-refractivity contribution in [2.24, 2.45) is 0 Å². The summed E-state index contributed by atoms with van der Waals surface area (Å²) in [7, 11) is 0. The number of hydrogen-bond acceptors (Lipinski definition) is 4. The fraction of sp³-hybridized carbons (Fsp3) is 0.500. The van der Waals surface area contributed by atoms with E-state index >= 15 is 0 Å². The highest BCUT2D eigenvalue weighted by Crippen LogP contribution is 2.15. The highest BCUT2D eigenvalue weighted by atomic mass is 16.6. The van der Waals surface area contributed by atoms with Gasteiger partial charge in [0.2, 0.25) is 11.8 Å². The summed E-state index contributed by atoms with van der Waals surface area (Å²) >= 11 is 0. The van der Waals surface area contributed by atoms with Crippen molar-refractivity contribution in [1.29, 1.82) is 0 Å². The van der Waals surface area contributed by atoms with Crippen molar-refractivity contribution in [3.63, 3.8) is 0 Å². The van der Waals surface area contributed by atoms with Gasteiger partial charge < -0.3 is 20.3 Å². The zero-order valence-electron chi connectivity index (χ0n) is 14.9. The van der Waals surface area contributed by atoms with Gasteiger partial charge in [-0.15, -0.1) is 0 Å². The van der Waals surface area contributed by atoms with Gasteiger partial charge in [0, 0.05) is 19.5 Å². The molecule has 1 heterocycles. The number of nitrogens with one attached hydrogen (secondary N) is 2. The molecule has 0 unspecified atom stereocenters. The van der Waals surface area contributed by atoms with Crippen LogP contribution >= 0.6 is 0 Å². The summed E-state index contributed by atoms with van der Waals surface area (Å²) in [4.78, 5) is 37.3. The van der Waals surface area contributed by atoms with Gasteiger partial charge in [-0.25, -0.2) is 4.79 Å². The molecule has 25 heavy (non-hydrogen) atoms. The maximum atomic E-state index is 12.1. The molecule has 7 heteroatoms. The molecule has 1 aliphatic rings. The Morgan fingerprint density at radius 3 is 2.56 bits per heavy atom. The fourth-order valence-electron chi connectivity index (χ4n) is 2.57. The van der Waals surface area contributed by atoms with E-state index in [2.05, 4.69) is 10.6 Å². The Morgan fingerprint density at radius 2 is 1.92 bits per heavy atom. The molecule has 3 amide bonds. The number of benzene rings is 1. The van der Waals surface area contributed by atoms with Crippen molar-refractivity contribution in [2.75, 3.05) is 13.1 Å². The topological polar surface area (TPSA) is 87.7 Å². The monoisotopic (exact) mass is 347 g/mol. The minimum atomic E-state index is -0.643. The summed E-state index contributed by atoms with van der Waals surface area (Å²) in [6.07, 6.45) is -0.374. The van der Waals surface area contributed by atoms with E-state index in [9.17, 15) is 14.4 Å². The smallest absolute Gasteiger partial charge is 0.408 e. The first-order valence-electron chi connectivity index (χ1n) is 8.31. The number of amides is 3. The Morgan fingerprint density at radius 1 is 1.24 bits per heavy atom. The lowest BCUT2D eigenvalue weighted by atomic mass is 10.2. The van der Waals surface area contributed by atoms with E-state index in [4.69, 9.17) is 4.74 Å². The quantitative estimate of drug-likeness (QED) is 0.843. The Balaban J connectivity index is 1.75. The molecule has 0 aliphatic carbocycles. The molecule has 0 spiro atoms. The van der Waals surface area contributed by atoms with Gasteiger partial charge in [-0.2, -0.15) is 0 Å². The van der Waals surface area contributed by atoms with Gasteiger partial charge in [0.15, 0.2) is 0 Å². The Kier molecular flexibility index (Phi) is 6.01. The average Bonchev–Trinajstić information content (AvgIpc) is 2.84. The van der Waals surface area contributed by atoms with Gasteiger partial charge in [0.1, 0.15) is 12.1 Å². The highest BCUT2D eigenvalue weighted by Gasteiger charge is 2.30. The Labute approximate surface area is 147 Å². The van der Waals surface area contributed by atoms with Crippen molar-refractivity contribution < 1.29 is 19.1 Å². The molecule has 1 saturated heterocycles. The maximum Gasteiger partial charge on any atom is 0.408 e. The molecule has 0 bridgehead atoms. The molecular weight excluding hydrogens is 322 g/mol. The summed E-state index contributed by atoms with van der Waals surface area (Å²) in [6.45, 7) is 6.06. The van der Waals surface area contributed by atoms with Crippen LogP contribution in [-0.2, 0) is 20.9 Å². The molecule has 136 valence electrons. The standard InChI is InChI=1S/C18H25N3O4/c1-18(2,3)25-17(24)19-10-15(22)20-14-9-16(23)21(12-14)11-13-7-5-4-6-8-13/h4-8,14H,9-12H2,1-3H3,(H,19,24)(H,20,22)/t14-/m0/s1. The summed E-state index contributed by atoms with van der Waals surface area (Å²) < 4.78 is 5.07. The van der Waals surface area contributed by atoms with Crippen LogP contribution in [0.25, 0.3) is 0 Å². The Hall–Kier alpha value is -2.57. The van der Waals surface area contributed by atoms with Gasteiger partial charge in [-0.1, -0.05) is 30.3 Å². The number of ether oxygens (including phenoxy) is 1. The largest absolute Gasteiger partial charge is 0.444 e. The second-order valence-corrected chi connectivity index (χ2v) is 7.08. The van der Waals surface area contributed by atoms with Crippen LogP contribution in [0.3, 0.4) is 0 Å². The molecule has 0 radical (unpaired) electrons. The molecule has 0 aromatic heterocycles. The van der Waals surface area contributed by atoms with E-state index in [1.165, 1.54) is 0 Å². The van der Waals surface area contributed by atoms with Crippen molar-refractivity contribution in [2.45, 2.75) is 45.4 Å². The lowest BCUT2D eigenvalue weighted by Gasteiger charge is -2.20. The predicted molar refractivity (Wildman–Crippen MR) is 92.6 cm³/mol. The molecular formula is C18H25N3O4. The van der Waals surface area contributed by atoms with Crippen molar-refractivity contribution in [3.05, 3.63) is 35.9 Å². The maximum absolute atomic E-state index is 12.1. The first-order chi connectivity index (χ1) is 11.7. The van der Waals surface area contributed by atoms with Crippen LogP contribution in [0.15, 0.2) is 30.3 Å². The zero-order chi connectivity index (χ0) is 18.4. The summed E-state index contributed by atoms with van der Waals surface area (Å²) in [6, 6.07) is 9.46. The van der Waals surface area contributed by atoms with E-state index in [1.54, 1.807) is 25.7 Å². The number of likely N-dealkylation sites (tertiary alicyclic amines) is 1. The molecule has 1 aliphatic heterocycles. The number of carbonyl (C=O) groups is 3. The van der Waals surface area contributed by atoms with Gasteiger partial charge in [-0.05, 0) is 26.3 Å². The van der Waals surface area contributed by atoms with E-state index in [1.807, 2.05) is 30.3 Å². The number of carbonyl (C=O) groups excluding carboxylic acids is 3. The van der Waals surface area contributed by atoms with Crippen LogP contribution in [0.4, 0.5) is 4.79 Å². The number of hydrogen-bond donors (Lipinski definition) is 2. The molecule has 1 fully saturated rings. The highest BCUT2D eigenvalue weighted by molar-refractivity contribution is 5.84. The van der Waals surface area contributed by atoms with Crippen LogP contribution in [0.2, 0.25) is 0 Å². The Bertz CT molecular complexity index is 625. The third-order valence-electron chi connectivity index (χ3n) is 3.59. The van der Waals surface area contributed by atoms with Crippen LogP contribution in [0, 0.1) is 0 Å². The van der Waals surface area contributed by atoms with Crippen LogP contribution in [0.5, 0.6) is 0 Å². The first kappa shape index (κ1) is 18.8. The number of alkyl carbamates (subject to hydrolysis) is 1. The molecule has 7 nitrogen and oxygen atoms in total. The first-order valence-corrected chi connectivity index (χ1v) is 8.31. The predicted octanol–water partition coefficient (Wildman–Crippen LogP) is 1.43. The van der Waals surface area contributed by atoms with Crippen LogP contribution in [-0.4, -0.2) is 47.5 Å². The SMILES string of the molecule is CC(C)(C)OC(=O)NCC(=O)N[C@H]1CC(=O)N(Cc2ccccc2)C1. The van der Waals surface area contributed by atoms with E-state index in [-0.39, 0.29) is 30.8 Å². The van der Waals surface area contributed by atoms with Gasteiger partial charge >= 0.3 is 6.09 Å². The molecule has 1 aromatic rings. The van der Waals surface area contributed by atoms with Gasteiger partial charge in [-0.3, -0.25) is 9.59 Å². The molecule has 0 saturated carbocycles. The normalized spacial score (nSPS) is 17.3. The van der Waals surface area contributed by atoms with Gasteiger partial charge in [0.25, 0.3) is 0 Å². The van der Waals surface area contributed by atoms with Crippen molar-refractivity contribution >= 4 is 17.9 Å². The van der Waals surface area contributed by atoms with Crippen LogP contribution < -0.4 is 10.6 Å².